The molecule has 2 unspecified atom stereocenters. The number of hydrogen-bond donors (Lipinski definition) is 2. The maximum Gasteiger partial charge on any atom is 0.417 e. The molecule has 2 atom stereocenters. The van der Waals surface area contributed by atoms with Crippen molar-refractivity contribution in [2.45, 2.75) is 31.5 Å². The summed E-state index contributed by atoms with van der Waals surface area (Å²) in [6.07, 6.45) is -1.01. The van der Waals surface area contributed by atoms with Crippen molar-refractivity contribution < 1.29 is 18.0 Å². The summed E-state index contributed by atoms with van der Waals surface area (Å²) in [5, 5.41) is 2.68. The number of halogens is 3. The zero-order chi connectivity index (χ0) is 14.8. The molecule has 1 fully saturated rings. The average Bonchev–Trinajstić information content (AvgIpc) is 2.81. The fourth-order valence-corrected chi connectivity index (χ4v) is 2.32. The van der Waals surface area contributed by atoms with Crippen LogP contribution in [-0.4, -0.2) is 23.5 Å². The highest BCUT2D eigenvalue weighted by Gasteiger charge is 2.31. The van der Waals surface area contributed by atoms with Crippen LogP contribution in [0.25, 0.3) is 0 Å². The lowest BCUT2D eigenvalue weighted by Gasteiger charge is -2.11. The molecule has 3 N–H and O–H groups in total. The fourth-order valence-electron chi connectivity index (χ4n) is 2.32. The second-order valence-electron chi connectivity index (χ2n) is 5.08. The lowest BCUT2D eigenvalue weighted by molar-refractivity contribution is -0.137. The normalized spacial score (nSPS) is 22.8. The van der Waals surface area contributed by atoms with Gasteiger partial charge >= 0.3 is 6.18 Å². The van der Waals surface area contributed by atoms with Crippen molar-refractivity contribution in [1.29, 1.82) is 0 Å². The van der Waals surface area contributed by atoms with E-state index in [4.69, 9.17) is 5.73 Å². The summed E-state index contributed by atoms with van der Waals surface area (Å²) in [6, 6.07) is 2.12. The van der Waals surface area contributed by atoms with Gasteiger partial charge in [0.2, 0.25) is 0 Å². The topological polar surface area (TPSA) is 68.0 Å². The van der Waals surface area contributed by atoms with E-state index in [9.17, 15) is 18.0 Å². The van der Waals surface area contributed by atoms with Gasteiger partial charge < -0.3 is 11.1 Å². The smallest absolute Gasteiger partial charge is 0.350 e. The van der Waals surface area contributed by atoms with Gasteiger partial charge in [0.25, 0.3) is 5.91 Å². The lowest BCUT2D eigenvalue weighted by atomic mass is 10.1. The van der Waals surface area contributed by atoms with Crippen molar-refractivity contribution in [1.82, 2.24) is 10.3 Å². The molecule has 1 saturated carbocycles. The second-order valence-corrected chi connectivity index (χ2v) is 5.08. The van der Waals surface area contributed by atoms with E-state index in [2.05, 4.69) is 10.3 Å². The van der Waals surface area contributed by atoms with E-state index >= 15 is 0 Å². The number of alkyl halides is 3. The molecule has 0 bridgehead atoms. The van der Waals surface area contributed by atoms with Gasteiger partial charge in [-0.15, -0.1) is 0 Å². The third-order valence-corrected chi connectivity index (χ3v) is 3.46. The van der Waals surface area contributed by atoms with E-state index in [0.717, 1.165) is 31.4 Å². The van der Waals surface area contributed by atoms with Gasteiger partial charge in [-0.05, 0) is 37.3 Å². The Morgan fingerprint density at radius 1 is 1.40 bits per heavy atom. The van der Waals surface area contributed by atoms with Crippen LogP contribution >= 0.6 is 0 Å². The Hall–Kier alpha value is -1.63. The van der Waals surface area contributed by atoms with Gasteiger partial charge in [-0.3, -0.25) is 9.78 Å². The SMILES string of the molecule is NC1CCC(CNC(=O)c2ccc(C(F)(F)F)cn2)C1. The van der Waals surface area contributed by atoms with Crippen molar-refractivity contribution in [2.24, 2.45) is 11.7 Å². The Morgan fingerprint density at radius 2 is 2.15 bits per heavy atom. The zero-order valence-corrected chi connectivity index (χ0v) is 10.8. The first-order valence-corrected chi connectivity index (χ1v) is 6.43. The molecule has 1 heterocycles. The van der Waals surface area contributed by atoms with Gasteiger partial charge in [0.15, 0.2) is 0 Å². The summed E-state index contributed by atoms with van der Waals surface area (Å²) in [7, 11) is 0. The summed E-state index contributed by atoms with van der Waals surface area (Å²) < 4.78 is 37.1. The number of nitrogens with two attached hydrogens (primary N) is 1. The first kappa shape index (κ1) is 14.8. The van der Waals surface area contributed by atoms with Crippen LogP contribution in [0.2, 0.25) is 0 Å². The first-order valence-electron chi connectivity index (χ1n) is 6.43. The van der Waals surface area contributed by atoms with Crippen LogP contribution in [-0.2, 0) is 6.18 Å². The quantitative estimate of drug-likeness (QED) is 0.893. The lowest BCUT2D eigenvalue weighted by Crippen LogP contribution is -2.29. The molecule has 0 saturated heterocycles. The number of nitrogens with one attached hydrogen (secondary N) is 1. The van der Waals surface area contributed by atoms with Crippen LogP contribution in [0.3, 0.4) is 0 Å². The molecule has 20 heavy (non-hydrogen) atoms. The zero-order valence-electron chi connectivity index (χ0n) is 10.8. The molecule has 1 aromatic rings. The summed E-state index contributed by atoms with van der Waals surface area (Å²) >= 11 is 0. The molecule has 1 aliphatic carbocycles. The second kappa shape index (κ2) is 5.78. The fraction of sp³-hybridized carbons (Fsp3) is 0.538. The number of carbonyl (C=O) groups excluding carboxylic acids is 1. The summed E-state index contributed by atoms with van der Waals surface area (Å²) in [4.78, 5) is 15.3. The maximum atomic E-state index is 12.4. The van der Waals surface area contributed by atoms with Crippen molar-refractivity contribution in [3.8, 4) is 0 Å². The van der Waals surface area contributed by atoms with E-state index in [-0.39, 0.29) is 11.7 Å². The van der Waals surface area contributed by atoms with Gasteiger partial charge in [-0.1, -0.05) is 0 Å². The minimum Gasteiger partial charge on any atom is -0.350 e. The third kappa shape index (κ3) is 3.69. The minimum absolute atomic E-state index is 0.0136. The molecule has 2 rings (SSSR count). The number of nitrogens with zero attached hydrogens (tertiary/aromatic N) is 1. The highest BCUT2D eigenvalue weighted by molar-refractivity contribution is 5.92. The van der Waals surface area contributed by atoms with Gasteiger partial charge in [-0.25, -0.2) is 0 Å². The van der Waals surface area contributed by atoms with Crippen molar-refractivity contribution in [2.75, 3.05) is 6.54 Å². The van der Waals surface area contributed by atoms with E-state index in [1.54, 1.807) is 0 Å². The predicted octanol–water partition coefficient (Wildman–Crippen LogP) is 1.96. The number of carbonyl (C=O) groups is 1. The third-order valence-electron chi connectivity index (χ3n) is 3.46. The van der Waals surface area contributed by atoms with Gasteiger partial charge in [0, 0.05) is 18.8 Å². The van der Waals surface area contributed by atoms with Gasteiger partial charge in [0.05, 0.1) is 5.56 Å². The van der Waals surface area contributed by atoms with Crippen LogP contribution in [0.4, 0.5) is 13.2 Å². The Labute approximate surface area is 114 Å². The monoisotopic (exact) mass is 287 g/mol. The first-order chi connectivity index (χ1) is 9.36. The van der Waals surface area contributed by atoms with Crippen LogP contribution in [0.15, 0.2) is 18.3 Å². The summed E-state index contributed by atoms with van der Waals surface area (Å²) in [6.45, 7) is 0.481. The molecule has 4 nitrogen and oxygen atoms in total. The predicted molar refractivity (Wildman–Crippen MR) is 66.9 cm³/mol. The average molecular weight is 287 g/mol. The van der Waals surface area contributed by atoms with E-state index < -0.39 is 17.6 Å². The molecule has 1 aliphatic rings. The number of amides is 1. The highest BCUT2D eigenvalue weighted by atomic mass is 19.4. The van der Waals surface area contributed by atoms with Crippen molar-refractivity contribution in [3.63, 3.8) is 0 Å². The number of aromatic nitrogens is 1. The molecular formula is C13H16F3N3O. The number of rotatable bonds is 3. The minimum atomic E-state index is -4.44. The van der Waals surface area contributed by atoms with Crippen LogP contribution in [0.1, 0.15) is 35.3 Å². The molecule has 0 aliphatic heterocycles. The maximum absolute atomic E-state index is 12.4. The molecule has 7 heteroatoms. The van der Waals surface area contributed by atoms with Crippen LogP contribution in [0.5, 0.6) is 0 Å². The number of pyridine rings is 1. The largest absolute Gasteiger partial charge is 0.417 e. The van der Waals surface area contributed by atoms with E-state index in [1.165, 1.54) is 0 Å². The highest BCUT2D eigenvalue weighted by Crippen LogP contribution is 2.28. The molecule has 0 radical (unpaired) electrons. The molecular weight excluding hydrogens is 271 g/mol. The van der Waals surface area contributed by atoms with Crippen LogP contribution < -0.4 is 11.1 Å². The number of hydrogen-bond acceptors (Lipinski definition) is 3. The molecule has 1 amide bonds. The van der Waals surface area contributed by atoms with Gasteiger partial charge in [0.1, 0.15) is 5.69 Å². The molecule has 0 aromatic carbocycles. The van der Waals surface area contributed by atoms with Crippen LogP contribution in [0, 0.1) is 5.92 Å². The Kier molecular flexibility index (Phi) is 4.27. The van der Waals surface area contributed by atoms with Crippen molar-refractivity contribution >= 4 is 5.91 Å². The molecule has 1 aromatic heterocycles. The summed E-state index contributed by atoms with van der Waals surface area (Å²) in [5.41, 5.74) is 4.89. The Bertz CT molecular complexity index is 473. The standard InChI is InChI=1S/C13H16F3N3O/c14-13(15,16)9-2-4-11(18-7-9)12(20)19-6-8-1-3-10(17)5-8/h2,4,7-8,10H,1,3,5-6,17H2,(H,19,20). The van der Waals surface area contributed by atoms with Gasteiger partial charge in [-0.2, -0.15) is 13.2 Å². The Balaban J connectivity index is 1.89. The van der Waals surface area contributed by atoms with E-state index in [1.807, 2.05) is 0 Å². The summed E-state index contributed by atoms with van der Waals surface area (Å²) in [5.74, 6) is -0.123. The van der Waals surface area contributed by atoms with E-state index in [0.29, 0.717) is 18.7 Å². The van der Waals surface area contributed by atoms with Crippen molar-refractivity contribution in [3.05, 3.63) is 29.6 Å². The Morgan fingerprint density at radius 3 is 2.65 bits per heavy atom. The molecule has 110 valence electrons. The molecule has 0 spiro atoms.